The highest BCUT2D eigenvalue weighted by Gasteiger charge is 2.08. The predicted molar refractivity (Wildman–Crippen MR) is 82.9 cm³/mol. The first-order valence-electron chi connectivity index (χ1n) is 7.66. The van der Waals surface area contributed by atoms with Gasteiger partial charge in [-0.3, -0.25) is 0 Å². The van der Waals surface area contributed by atoms with Crippen molar-refractivity contribution in [2.45, 2.75) is 26.4 Å². The lowest BCUT2D eigenvalue weighted by molar-refractivity contribution is -0.0459. The van der Waals surface area contributed by atoms with Crippen molar-refractivity contribution in [3.63, 3.8) is 0 Å². The lowest BCUT2D eigenvalue weighted by Gasteiger charge is -2.19. The van der Waals surface area contributed by atoms with Gasteiger partial charge >= 0.3 is 0 Å². The number of hydrogen-bond acceptors (Lipinski definition) is 6. The van der Waals surface area contributed by atoms with Crippen molar-refractivity contribution in [2.24, 2.45) is 0 Å². The molecule has 0 saturated carbocycles. The Morgan fingerprint density at radius 2 is 1.00 bits per heavy atom. The highest BCUT2D eigenvalue weighted by Crippen LogP contribution is 2.05. The van der Waals surface area contributed by atoms with Gasteiger partial charge in [-0.2, -0.15) is 0 Å². The van der Waals surface area contributed by atoms with E-state index in [2.05, 4.69) is 5.32 Å². The van der Waals surface area contributed by atoms with Crippen LogP contribution in [0, 0.1) is 0 Å². The van der Waals surface area contributed by atoms with Crippen LogP contribution in [-0.4, -0.2) is 78.7 Å². The maximum Gasteiger partial charge on any atom is 0.0707 e. The third-order valence-electron chi connectivity index (χ3n) is 2.38. The maximum atomic E-state index is 5.53. The van der Waals surface area contributed by atoms with E-state index >= 15 is 0 Å². The summed E-state index contributed by atoms with van der Waals surface area (Å²) in [6.07, 6.45) is 0. The summed E-state index contributed by atoms with van der Waals surface area (Å²) >= 11 is 0. The van der Waals surface area contributed by atoms with E-state index in [1.54, 1.807) is 0 Å². The molecular formula is C15H33NO5. The van der Waals surface area contributed by atoms with Gasteiger partial charge in [0.15, 0.2) is 0 Å². The van der Waals surface area contributed by atoms with Gasteiger partial charge in [-0.25, -0.2) is 0 Å². The van der Waals surface area contributed by atoms with Crippen molar-refractivity contribution in [2.75, 3.05) is 73.1 Å². The van der Waals surface area contributed by atoms with Crippen molar-refractivity contribution in [1.29, 1.82) is 0 Å². The van der Waals surface area contributed by atoms with Gasteiger partial charge < -0.3 is 29.0 Å². The number of likely N-dealkylation sites (N-methyl/N-ethyl adjacent to an activating group) is 1. The van der Waals surface area contributed by atoms with Crippen molar-refractivity contribution in [3.05, 3.63) is 0 Å². The molecular weight excluding hydrogens is 274 g/mol. The highest BCUT2D eigenvalue weighted by molar-refractivity contribution is 4.57. The molecule has 0 fully saturated rings. The molecule has 6 heteroatoms. The summed E-state index contributed by atoms with van der Waals surface area (Å²) < 4.78 is 27.0. The van der Waals surface area contributed by atoms with Gasteiger partial charge in [-0.15, -0.1) is 0 Å². The van der Waals surface area contributed by atoms with Crippen molar-refractivity contribution in [1.82, 2.24) is 5.32 Å². The van der Waals surface area contributed by atoms with E-state index in [0.717, 1.165) is 6.54 Å². The molecule has 0 radical (unpaired) electrons. The molecule has 0 aliphatic carbocycles. The molecule has 0 aromatic carbocycles. The van der Waals surface area contributed by atoms with Gasteiger partial charge in [-0.05, 0) is 27.8 Å². The third-order valence-corrected chi connectivity index (χ3v) is 2.38. The minimum Gasteiger partial charge on any atom is -0.378 e. The van der Waals surface area contributed by atoms with Gasteiger partial charge in [-0.1, -0.05) is 0 Å². The first-order valence-corrected chi connectivity index (χ1v) is 7.66. The monoisotopic (exact) mass is 307 g/mol. The molecule has 0 aliphatic rings. The van der Waals surface area contributed by atoms with E-state index in [9.17, 15) is 0 Å². The highest BCUT2D eigenvalue weighted by atomic mass is 16.6. The number of ether oxygens (including phenoxy) is 5. The van der Waals surface area contributed by atoms with Gasteiger partial charge in [0.05, 0.1) is 65.1 Å². The summed E-state index contributed by atoms with van der Waals surface area (Å²) in [7, 11) is 1.90. The van der Waals surface area contributed by atoms with Crippen LogP contribution in [0.1, 0.15) is 20.8 Å². The smallest absolute Gasteiger partial charge is 0.0707 e. The van der Waals surface area contributed by atoms with Crippen LogP contribution in [0.4, 0.5) is 0 Å². The van der Waals surface area contributed by atoms with Crippen LogP contribution < -0.4 is 5.32 Å². The summed E-state index contributed by atoms with van der Waals surface area (Å²) in [6.45, 7) is 12.4. The topological polar surface area (TPSA) is 58.2 Å². The van der Waals surface area contributed by atoms with Crippen LogP contribution in [0.15, 0.2) is 0 Å². The molecule has 0 spiro atoms. The SMILES string of the molecule is CNCCOCCOCCOCCOCCOC(C)(C)C. The average Bonchev–Trinajstić information content (AvgIpc) is 2.42. The lowest BCUT2D eigenvalue weighted by atomic mass is 10.2. The summed E-state index contributed by atoms with van der Waals surface area (Å²) in [5.74, 6) is 0. The minimum atomic E-state index is -0.103. The van der Waals surface area contributed by atoms with Gasteiger partial charge in [0.2, 0.25) is 0 Å². The third kappa shape index (κ3) is 19.8. The Balaban J connectivity index is 3.00. The molecule has 0 atom stereocenters. The van der Waals surface area contributed by atoms with Crippen LogP contribution in [0.3, 0.4) is 0 Å². The molecule has 0 saturated heterocycles. The molecule has 0 heterocycles. The normalized spacial score (nSPS) is 12.0. The molecule has 0 aliphatic heterocycles. The van der Waals surface area contributed by atoms with Crippen LogP contribution in [0.2, 0.25) is 0 Å². The van der Waals surface area contributed by atoms with Crippen molar-refractivity contribution >= 4 is 0 Å². The molecule has 0 unspecified atom stereocenters. The molecule has 128 valence electrons. The molecule has 0 rings (SSSR count). The summed E-state index contributed by atoms with van der Waals surface area (Å²) in [5, 5.41) is 3.01. The summed E-state index contributed by atoms with van der Waals surface area (Å²) in [6, 6.07) is 0. The number of hydrogen-bond donors (Lipinski definition) is 1. The zero-order valence-corrected chi connectivity index (χ0v) is 14.1. The maximum absolute atomic E-state index is 5.53. The second-order valence-electron chi connectivity index (χ2n) is 5.51. The molecule has 6 nitrogen and oxygen atoms in total. The minimum absolute atomic E-state index is 0.103. The number of rotatable bonds is 15. The Morgan fingerprint density at radius 1 is 0.619 bits per heavy atom. The quantitative estimate of drug-likeness (QED) is 0.457. The predicted octanol–water partition coefficient (Wildman–Crippen LogP) is 1.09. The molecule has 0 bridgehead atoms. The van der Waals surface area contributed by atoms with E-state index in [1.807, 2.05) is 27.8 Å². The molecule has 1 N–H and O–H groups in total. The Morgan fingerprint density at radius 3 is 1.38 bits per heavy atom. The van der Waals surface area contributed by atoms with Crippen LogP contribution in [-0.2, 0) is 23.7 Å². The fraction of sp³-hybridized carbons (Fsp3) is 1.00. The van der Waals surface area contributed by atoms with Crippen LogP contribution >= 0.6 is 0 Å². The van der Waals surface area contributed by atoms with Gasteiger partial charge in [0.1, 0.15) is 0 Å². The van der Waals surface area contributed by atoms with Crippen molar-refractivity contribution < 1.29 is 23.7 Å². The van der Waals surface area contributed by atoms with Gasteiger partial charge in [0.25, 0.3) is 0 Å². The standard InChI is InChI=1S/C15H33NO5/c1-15(2,3)21-14-13-20-12-11-19-10-9-18-8-7-17-6-5-16-4/h16H,5-14H2,1-4H3. The van der Waals surface area contributed by atoms with E-state index in [-0.39, 0.29) is 5.60 Å². The first kappa shape index (κ1) is 20.8. The second-order valence-corrected chi connectivity index (χ2v) is 5.51. The molecule has 0 amide bonds. The fourth-order valence-corrected chi connectivity index (χ4v) is 1.34. The van der Waals surface area contributed by atoms with E-state index in [1.165, 1.54) is 0 Å². The second kappa shape index (κ2) is 14.7. The van der Waals surface area contributed by atoms with E-state index in [4.69, 9.17) is 23.7 Å². The van der Waals surface area contributed by atoms with Crippen LogP contribution in [0.25, 0.3) is 0 Å². The summed E-state index contributed by atoms with van der Waals surface area (Å²) in [5.41, 5.74) is -0.103. The Kier molecular flexibility index (Phi) is 14.5. The van der Waals surface area contributed by atoms with E-state index < -0.39 is 0 Å². The lowest BCUT2D eigenvalue weighted by Crippen LogP contribution is -2.22. The van der Waals surface area contributed by atoms with Crippen molar-refractivity contribution in [3.8, 4) is 0 Å². The largest absolute Gasteiger partial charge is 0.378 e. The zero-order valence-electron chi connectivity index (χ0n) is 14.1. The number of nitrogens with one attached hydrogen (secondary N) is 1. The summed E-state index contributed by atoms with van der Waals surface area (Å²) in [4.78, 5) is 0. The fourth-order valence-electron chi connectivity index (χ4n) is 1.34. The zero-order chi connectivity index (χ0) is 15.8. The van der Waals surface area contributed by atoms with Crippen LogP contribution in [0.5, 0.6) is 0 Å². The van der Waals surface area contributed by atoms with Gasteiger partial charge in [0, 0.05) is 6.54 Å². The average molecular weight is 307 g/mol. The van der Waals surface area contributed by atoms with E-state index in [0.29, 0.717) is 59.5 Å². The Labute approximate surface area is 129 Å². The molecule has 21 heavy (non-hydrogen) atoms. The first-order chi connectivity index (χ1) is 10.1. The molecule has 0 aromatic rings. The Hall–Kier alpha value is -0.240. The molecule has 0 aromatic heterocycles. The Bertz CT molecular complexity index is 209.